The van der Waals surface area contributed by atoms with Crippen LogP contribution in [-0.4, -0.2) is 21.0 Å². The molecule has 1 aromatic heterocycles. The number of aromatic amines is 1. The minimum absolute atomic E-state index is 0.180. The Hall–Kier alpha value is -2.10. The van der Waals surface area contributed by atoms with Crippen LogP contribution in [0.15, 0.2) is 24.3 Å². The molecule has 0 bridgehead atoms. The van der Waals surface area contributed by atoms with Crippen LogP contribution in [-0.2, 0) is 11.2 Å². The monoisotopic (exact) mass is 258 g/mol. The highest BCUT2D eigenvalue weighted by Gasteiger charge is 2.09. The van der Waals surface area contributed by atoms with Gasteiger partial charge < -0.3 is 10.1 Å². The molecule has 4 nitrogen and oxygen atoms in total. The van der Waals surface area contributed by atoms with Crippen LogP contribution in [0.3, 0.4) is 0 Å². The highest BCUT2D eigenvalue weighted by atomic mass is 16.4. The first kappa shape index (κ1) is 13.3. The van der Waals surface area contributed by atoms with Gasteiger partial charge in [0.25, 0.3) is 0 Å². The summed E-state index contributed by atoms with van der Waals surface area (Å²) in [4.78, 5) is 18.3. The largest absolute Gasteiger partial charge is 0.481 e. The molecule has 2 N–H and O–H groups in total. The smallest absolute Gasteiger partial charge is 0.303 e. The number of H-pyrrole nitrogens is 1. The van der Waals surface area contributed by atoms with E-state index in [9.17, 15) is 4.79 Å². The Morgan fingerprint density at radius 1 is 1.26 bits per heavy atom. The van der Waals surface area contributed by atoms with Crippen molar-refractivity contribution in [2.24, 2.45) is 0 Å². The Morgan fingerprint density at radius 3 is 2.58 bits per heavy atom. The van der Waals surface area contributed by atoms with Crippen LogP contribution in [0.2, 0.25) is 0 Å². The molecule has 0 aliphatic rings. The lowest BCUT2D eigenvalue weighted by atomic mass is 10.1. The summed E-state index contributed by atoms with van der Waals surface area (Å²) < 4.78 is 0. The molecule has 100 valence electrons. The van der Waals surface area contributed by atoms with Crippen molar-refractivity contribution in [2.45, 2.75) is 33.1 Å². The summed E-state index contributed by atoms with van der Waals surface area (Å²) in [5, 5.41) is 8.62. The topological polar surface area (TPSA) is 66.0 Å². The van der Waals surface area contributed by atoms with E-state index >= 15 is 0 Å². The van der Waals surface area contributed by atoms with Gasteiger partial charge in [-0.15, -0.1) is 0 Å². The lowest BCUT2D eigenvalue weighted by molar-refractivity contribution is -0.137. The maximum absolute atomic E-state index is 10.5. The van der Waals surface area contributed by atoms with Gasteiger partial charge >= 0.3 is 5.97 Å². The van der Waals surface area contributed by atoms with E-state index in [0.29, 0.717) is 12.8 Å². The maximum Gasteiger partial charge on any atom is 0.303 e. The second kappa shape index (κ2) is 5.69. The molecule has 0 aliphatic carbocycles. The molecule has 0 amide bonds. The van der Waals surface area contributed by atoms with Gasteiger partial charge in [0, 0.05) is 24.1 Å². The summed E-state index contributed by atoms with van der Waals surface area (Å²) in [7, 11) is 0. The predicted molar refractivity (Wildman–Crippen MR) is 74.1 cm³/mol. The molecule has 0 atom stereocenters. The predicted octanol–water partition coefficient (Wildman–Crippen LogP) is 3.10. The van der Waals surface area contributed by atoms with E-state index in [1.165, 1.54) is 5.56 Å². The minimum atomic E-state index is -0.762. The maximum atomic E-state index is 10.5. The Balaban J connectivity index is 2.12. The second-order valence-corrected chi connectivity index (χ2v) is 4.77. The first-order valence-electron chi connectivity index (χ1n) is 6.40. The summed E-state index contributed by atoms with van der Waals surface area (Å²) >= 11 is 0. The molecule has 1 heterocycles. The molecular weight excluding hydrogens is 240 g/mol. The Kier molecular flexibility index (Phi) is 4.00. The summed E-state index contributed by atoms with van der Waals surface area (Å²) in [6, 6.07) is 8.24. The molecule has 19 heavy (non-hydrogen) atoms. The van der Waals surface area contributed by atoms with Gasteiger partial charge in [-0.3, -0.25) is 4.79 Å². The van der Waals surface area contributed by atoms with Crippen molar-refractivity contribution in [3.8, 4) is 11.3 Å². The van der Waals surface area contributed by atoms with Gasteiger partial charge in [-0.05, 0) is 20.3 Å². The molecule has 0 saturated heterocycles. The number of nitrogens with one attached hydrogen (secondary N) is 1. The molecule has 0 radical (unpaired) electrons. The number of aromatic nitrogens is 2. The van der Waals surface area contributed by atoms with Crippen LogP contribution >= 0.6 is 0 Å². The first-order valence-corrected chi connectivity index (χ1v) is 6.40. The average molecular weight is 258 g/mol. The van der Waals surface area contributed by atoms with E-state index in [0.717, 1.165) is 22.8 Å². The highest BCUT2D eigenvalue weighted by molar-refractivity contribution is 5.66. The van der Waals surface area contributed by atoms with Gasteiger partial charge in [0.15, 0.2) is 0 Å². The third-order valence-electron chi connectivity index (χ3n) is 3.06. The molecule has 0 fully saturated rings. The highest BCUT2D eigenvalue weighted by Crippen LogP contribution is 2.22. The number of carbonyl (C=O) groups is 1. The lowest BCUT2D eigenvalue weighted by Crippen LogP contribution is -1.96. The number of carboxylic acids is 1. The van der Waals surface area contributed by atoms with Crippen molar-refractivity contribution in [3.63, 3.8) is 0 Å². The average Bonchev–Trinajstić information content (AvgIpc) is 2.71. The number of carboxylic acid groups (broad SMARTS) is 1. The minimum Gasteiger partial charge on any atom is -0.481 e. The van der Waals surface area contributed by atoms with E-state index in [1.54, 1.807) is 0 Å². The molecular formula is C15H18N2O2. The van der Waals surface area contributed by atoms with Gasteiger partial charge in [0.2, 0.25) is 0 Å². The summed E-state index contributed by atoms with van der Waals surface area (Å²) in [6.45, 7) is 4.04. The number of benzene rings is 1. The summed E-state index contributed by atoms with van der Waals surface area (Å²) in [5.74, 6) is 0.0939. The third-order valence-corrected chi connectivity index (χ3v) is 3.06. The third kappa shape index (κ3) is 3.44. The van der Waals surface area contributed by atoms with Crippen LogP contribution in [0, 0.1) is 13.8 Å². The number of aliphatic carboxylic acids is 1. The van der Waals surface area contributed by atoms with Crippen LogP contribution < -0.4 is 0 Å². The number of hydrogen-bond donors (Lipinski definition) is 2. The van der Waals surface area contributed by atoms with Crippen molar-refractivity contribution in [3.05, 3.63) is 41.3 Å². The van der Waals surface area contributed by atoms with E-state index in [1.807, 2.05) is 6.92 Å². The first-order chi connectivity index (χ1) is 9.06. The molecule has 0 spiro atoms. The number of aryl methyl sites for hydroxylation is 3. The van der Waals surface area contributed by atoms with E-state index < -0.39 is 5.97 Å². The molecule has 0 unspecified atom stereocenters. The number of nitrogens with zero attached hydrogens (tertiary/aromatic N) is 1. The molecule has 1 aromatic carbocycles. The summed E-state index contributed by atoms with van der Waals surface area (Å²) in [5.41, 5.74) is 4.28. The molecule has 0 saturated carbocycles. The molecule has 2 aromatic rings. The Labute approximate surface area is 112 Å². The van der Waals surface area contributed by atoms with Crippen molar-refractivity contribution < 1.29 is 9.90 Å². The van der Waals surface area contributed by atoms with E-state index in [4.69, 9.17) is 5.11 Å². The Bertz CT molecular complexity index is 570. The van der Waals surface area contributed by atoms with Crippen molar-refractivity contribution in [1.82, 2.24) is 9.97 Å². The fraction of sp³-hybridized carbons (Fsp3) is 0.333. The van der Waals surface area contributed by atoms with Crippen LogP contribution in [0.4, 0.5) is 0 Å². The fourth-order valence-electron chi connectivity index (χ4n) is 2.04. The van der Waals surface area contributed by atoms with Gasteiger partial charge in [-0.2, -0.15) is 0 Å². The molecule has 0 aliphatic heterocycles. The van der Waals surface area contributed by atoms with Crippen molar-refractivity contribution in [1.29, 1.82) is 0 Å². The zero-order chi connectivity index (χ0) is 13.8. The van der Waals surface area contributed by atoms with E-state index in [-0.39, 0.29) is 6.42 Å². The standard InChI is InChI=1S/C15H18N2O2/c1-10-6-8-12(9-7-10)15-11(2)16-13(17-15)4-3-5-14(18)19/h6-9H,3-5H2,1-2H3,(H,16,17)(H,18,19). The van der Waals surface area contributed by atoms with Gasteiger partial charge in [-0.25, -0.2) is 4.98 Å². The normalized spacial score (nSPS) is 10.6. The SMILES string of the molecule is Cc1ccc(-c2nc(CCCC(=O)O)[nH]c2C)cc1. The molecule has 2 rings (SSSR count). The zero-order valence-corrected chi connectivity index (χ0v) is 11.2. The number of imidazole rings is 1. The van der Waals surface area contributed by atoms with Gasteiger partial charge in [0.05, 0.1) is 5.69 Å². The number of rotatable bonds is 5. The lowest BCUT2D eigenvalue weighted by Gasteiger charge is -1.99. The van der Waals surface area contributed by atoms with Gasteiger partial charge in [0.1, 0.15) is 5.82 Å². The molecule has 4 heteroatoms. The quantitative estimate of drug-likeness (QED) is 0.866. The van der Waals surface area contributed by atoms with Crippen LogP contribution in [0.1, 0.15) is 29.9 Å². The second-order valence-electron chi connectivity index (χ2n) is 4.77. The van der Waals surface area contributed by atoms with Crippen molar-refractivity contribution >= 4 is 5.97 Å². The number of hydrogen-bond acceptors (Lipinski definition) is 2. The zero-order valence-electron chi connectivity index (χ0n) is 11.2. The fourth-order valence-corrected chi connectivity index (χ4v) is 2.04. The van der Waals surface area contributed by atoms with E-state index in [2.05, 4.69) is 41.2 Å². The van der Waals surface area contributed by atoms with Crippen LogP contribution in [0.5, 0.6) is 0 Å². The van der Waals surface area contributed by atoms with Crippen LogP contribution in [0.25, 0.3) is 11.3 Å². The van der Waals surface area contributed by atoms with Gasteiger partial charge in [-0.1, -0.05) is 29.8 Å². The summed E-state index contributed by atoms with van der Waals surface area (Å²) in [6.07, 6.45) is 1.45. The Morgan fingerprint density at radius 2 is 1.95 bits per heavy atom. The van der Waals surface area contributed by atoms with Crippen molar-refractivity contribution in [2.75, 3.05) is 0 Å².